The molecule has 0 bridgehead atoms. The lowest BCUT2D eigenvalue weighted by Gasteiger charge is -2.12. The Morgan fingerprint density at radius 1 is 1.39 bits per heavy atom. The molecule has 18 heavy (non-hydrogen) atoms. The normalized spacial score (nSPS) is 11.4. The maximum absolute atomic E-state index is 11.6. The lowest BCUT2D eigenvalue weighted by molar-refractivity contribution is -0.384. The third kappa shape index (κ3) is 3.85. The van der Waals surface area contributed by atoms with Gasteiger partial charge in [-0.25, -0.2) is 0 Å². The molecule has 0 saturated carbocycles. The SMILES string of the molecule is CC(=O)NC(C)C(=O)Nc1cccc([N+](=O)[O-])c1. The summed E-state index contributed by atoms with van der Waals surface area (Å²) in [4.78, 5) is 32.4. The zero-order chi connectivity index (χ0) is 13.7. The number of hydrogen-bond donors (Lipinski definition) is 2. The van der Waals surface area contributed by atoms with E-state index in [0.717, 1.165) is 0 Å². The van der Waals surface area contributed by atoms with Gasteiger partial charge in [0.25, 0.3) is 5.69 Å². The smallest absolute Gasteiger partial charge is 0.271 e. The number of amides is 2. The molecule has 0 aromatic heterocycles. The van der Waals surface area contributed by atoms with Gasteiger partial charge in [0.05, 0.1) is 4.92 Å². The number of nitro groups is 1. The Morgan fingerprint density at radius 3 is 2.61 bits per heavy atom. The fraction of sp³-hybridized carbons (Fsp3) is 0.273. The predicted octanol–water partition coefficient (Wildman–Crippen LogP) is 1.06. The van der Waals surface area contributed by atoms with Crippen LogP contribution in [-0.2, 0) is 9.59 Å². The molecule has 0 spiro atoms. The maximum Gasteiger partial charge on any atom is 0.271 e. The Morgan fingerprint density at radius 2 is 2.06 bits per heavy atom. The van der Waals surface area contributed by atoms with Crippen LogP contribution in [0.15, 0.2) is 24.3 Å². The van der Waals surface area contributed by atoms with E-state index in [-0.39, 0.29) is 11.6 Å². The van der Waals surface area contributed by atoms with Crippen molar-refractivity contribution in [3.8, 4) is 0 Å². The summed E-state index contributed by atoms with van der Waals surface area (Å²) < 4.78 is 0. The third-order valence-corrected chi connectivity index (χ3v) is 2.14. The Bertz CT molecular complexity index is 487. The molecule has 2 N–H and O–H groups in total. The lowest BCUT2D eigenvalue weighted by atomic mass is 10.2. The number of anilines is 1. The molecule has 0 aliphatic carbocycles. The zero-order valence-electron chi connectivity index (χ0n) is 9.97. The summed E-state index contributed by atoms with van der Waals surface area (Å²) in [5, 5.41) is 15.5. The fourth-order valence-electron chi connectivity index (χ4n) is 1.32. The molecule has 0 saturated heterocycles. The minimum absolute atomic E-state index is 0.111. The van der Waals surface area contributed by atoms with Gasteiger partial charge in [-0.2, -0.15) is 0 Å². The highest BCUT2D eigenvalue weighted by Gasteiger charge is 2.14. The van der Waals surface area contributed by atoms with Crippen LogP contribution < -0.4 is 10.6 Å². The Labute approximate surface area is 103 Å². The summed E-state index contributed by atoms with van der Waals surface area (Å²) >= 11 is 0. The topological polar surface area (TPSA) is 101 Å². The molecule has 1 aromatic carbocycles. The number of carbonyl (C=O) groups is 2. The number of nitrogens with zero attached hydrogens (tertiary/aromatic N) is 1. The minimum atomic E-state index is -0.707. The molecule has 1 unspecified atom stereocenters. The van der Waals surface area contributed by atoms with Gasteiger partial charge in [-0.15, -0.1) is 0 Å². The van der Waals surface area contributed by atoms with Gasteiger partial charge in [-0.1, -0.05) is 6.07 Å². The van der Waals surface area contributed by atoms with Gasteiger partial charge in [0.2, 0.25) is 11.8 Å². The lowest BCUT2D eigenvalue weighted by Crippen LogP contribution is -2.40. The Balaban J connectivity index is 2.72. The van der Waals surface area contributed by atoms with E-state index in [1.54, 1.807) is 0 Å². The van der Waals surface area contributed by atoms with Crippen LogP contribution in [0.5, 0.6) is 0 Å². The predicted molar refractivity (Wildman–Crippen MR) is 65.0 cm³/mol. The van der Waals surface area contributed by atoms with Gasteiger partial charge in [-0.05, 0) is 13.0 Å². The Kier molecular flexibility index (Phi) is 4.36. The molecule has 1 atom stereocenters. The standard InChI is InChI=1S/C11H13N3O4/c1-7(12-8(2)15)11(16)13-9-4-3-5-10(6-9)14(17)18/h3-7H,1-2H3,(H,12,15)(H,13,16). The van der Waals surface area contributed by atoms with E-state index in [0.29, 0.717) is 5.69 Å². The summed E-state index contributed by atoms with van der Waals surface area (Å²) in [6.07, 6.45) is 0. The van der Waals surface area contributed by atoms with E-state index in [1.807, 2.05) is 0 Å². The van der Waals surface area contributed by atoms with Gasteiger partial charge in [0, 0.05) is 24.7 Å². The van der Waals surface area contributed by atoms with Gasteiger partial charge in [-0.3, -0.25) is 19.7 Å². The van der Waals surface area contributed by atoms with Gasteiger partial charge >= 0.3 is 0 Å². The van der Waals surface area contributed by atoms with Crippen LogP contribution in [0, 0.1) is 10.1 Å². The first-order chi connectivity index (χ1) is 8.40. The second-order valence-electron chi connectivity index (χ2n) is 3.72. The number of non-ortho nitro benzene ring substituents is 1. The molecule has 96 valence electrons. The second-order valence-corrected chi connectivity index (χ2v) is 3.72. The maximum atomic E-state index is 11.6. The molecule has 1 rings (SSSR count). The molecular formula is C11H13N3O4. The molecule has 0 heterocycles. The van der Waals surface area contributed by atoms with E-state index in [9.17, 15) is 19.7 Å². The van der Waals surface area contributed by atoms with Gasteiger partial charge in [0.1, 0.15) is 6.04 Å². The zero-order valence-corrected chi connectivity index (χ0v) is 9.97. The average molecular weight is 251 g/mol. The van der Waals surface area contributed by atoms with E-state index >= 15 is 0 Å². The first kappa shape index (κ1) is 13.6. The highest BCUT2D eigenvalue weighted by molar-refractivity contribution is 5.96. The number of benzene rings is 1. The molecular weight excluding hydrogens is 238 g/mol. The number of rotatable bonds is 4. The van der Waals surface area contributed by atoms with Crippen molar-refractivity contribution < 1.29 is 14.5 Å². The molecule has 7 heteroatoms. The average Bonchev–Trinajstić information content (AvgIpc) is 2.28. The van der Waals surface area contributed by atoms with Crippen molar-refractivity contribution in [2.45, 2.75) is 19.9 Å². The van der Waals surface area contributed by atoms with E-state index in [4.69, 9.17) is 0 Å². The molecule has 1 aromatic rings. The van der Waals surface area contributed by atoms with Crippen LogP contribution in [0.1, 0.15) is 13.8 Å². The quantitative estimate of drug-likeness (QED) is 0.617. The minimum Gasteiger partial charge on any atom is -0.345 e. The van der Waals surface area contributed by atoms with Crippen LogP contribution in [0.4, 0.5) is 11.4 Å². The van der Waals surface area contributed by atoms with E-state index in [2.05, 4.69) is 10.6 Å². The van der Waals surface area contributed by atoms with Crippen molar-refractivity contribution in [3.05, 3.63) is 34.4 Å². The third-order valence-electron chi connectivity index (χ3n) is 2.14. The van der Waals surface area contributed by atoms with Crippen LogP contribution in [0.25, 0.3) is 0 Å². The van der Waals surface area contributed by atoms with Crippen LogP contribution in [-0.4, -0.2) is 22.8 Å². The number of carbonyl (C=O) groups excluding carboxylic acids is 2. The first-order valence-electron chi connectivity index (χ1n) is 5.22. The van der Waals surface area contributed by atoms with Gasteiger partial charge < -0.3 is 10.6 Å². The van der Waals surface area contributed by atoms with Crippen molar-refractivity contribution in [2.24, 2.45) is 0 Å². The van der Waals surface area contributed by atoms with Crippen molar-refractivity contribution >= 4 is 23.2 Å². The molecule has 0 radical (unpaired) electrons. The second kappa shape index (κ2) is 5.76. The fourth-order valence-corrected chi connectivity index (χ4v) is 1.32. The first-order valence-corrected chi connectivity index (χ1v) is 5.22. The molecule has 2 amide bonds. The molecule has 7 nitrogen and oxygen atoms in total. The van der Waals surface area contributed by atoms with Crippen LogP contribution in [0.2, 0.25) is 0 Å². The number of hydrogen-bond acceptors (Lipinski definition) is 4. The largest absolute Gasteiger partial charge is 0.345 e. The van der Waals surface area contributed by atoms with Crippen molar-refractivity contribution in [1.82, 2.24) is 5.32 Å². The summed E-state index contributed by atoms with van der Waals surface area (Å²) in [5.41, 5.74) is 0.200. The van der Waals surface area contributed by atoms with Crippen LogP contribution >= 0.6 is 0 Å². The molecule has 0 aliphatic rings. The van der Waals surface area contributed by atoms with Crippen molar-refractivity contribution in [3.63, 3.8) is 0 Å². The van der Waals surface area contributed by atoms with Crippen molar-refractivity contribution in [2.75, 3.05) is 5.32 Å². The summed E-state index contributed by atoms with van der Waals surface area (Å²) in [6, 6.07) is 4.87. The van der Waals surface area contributed by atoms with E-state index < -0.39 is 16.9 Å². The highest BCUT2D eigenvalue weighted by Crippen LogP contribution is 2.17. The van der Waals surface area contributed by atoms with Gasteiger partial charge in [0.15, 0.2) is 0 Å². The Hall–Kier alpha value is -2.44. The van der Waals surface area contributed by atoms with Crippen LogP contribution in [0.3, 0.4) is 0 Å². The number of nitrogens with one attached hydrogen (secondary N) is 2. The summed E-state index contributed by atoms with van der Waals surface area (Å²) in [6.45, 7) is 2.82. The van der Waals surface area contributed by atoms with Crippen molar-refractivity contribution in [1.29, 1.82) is 0 Å². The monoisotopic (exact) mass is 251 g/mol. The van der Waals surface area contributed by atoms with E-state index in [1.165, 1.54) is 38.1 Å². The number of nitro benzene ring substituents is 1. The highest BCUT2D eigenvalue weighted by atomic mass is 16.6. The summed E-state index contributed by atoms with van der Waals surface area (Å²) in [7, 11) is 0. The molecule has 0 fully saturated rings. The molecule has 0 aliphatic heterocycles. The summed E-state index contributed by atoms with van der Waals surface area (Å²) in [5.74, 6) is -0.762.